The summed E-state index contributed by atoms with van der Waals surface area (Å²) >= 11 is 0. The molecule has 1 saturated heterocycles. The molecule has 0 radical (unpaired) electrons. The van der Waals surface area contributed by atoms with Crippen LogP contribution in [-0.2, 0) is 6.42 Å². The minimum Gasteiger partial charge on any atom is -0.357 e. The summed E-state index contributed by atoms with van der Waals surface area (Å²) in [5, 5.41) is 1.28. The summed E-state index contributed by atoms with van der Waals surface area (Å²) in [6.07, 6.45) is 4.60. The van der Waals surface area contributed by atoms with Gasteiger partial charge in [-0.25, -0.2) is 9.97 Å². The number of anilines is 1. The Kier molecular flexibility index (Phi) is 3.97. The number of benzene rings is 1. The Morgan fingerprint density at radius 2 is 2.04 bits per heavy atom. The van der Waals surface area contributed by atoms with Crippen molar-refractivity contribution in [3.8, 4) is 0 Å². The molecule has 1 aliphatic rings. The van der Waals surface area contributed by atoms with E-state index in [1.54, 1.807) is 0 Å². The summed E-state index contributed by atoms with van der Waals surface area (Å²) in [6.45, 7) is 5.20. The number of rotatable bonds is 3. The summed E-state index contributed by atoms with van der Waals surface area (Å²) in [4.78, 5) is 15.4. The molecule has 0 aliphatic carbocycles. The Balaban J connectivity index is 1.74. The third kappa shape index (κ3) is 2.77. The van der Waals surface area contributed by atoms with Crippen molar-refractivity contribution in [3.05, 3.63) is 53.6 Å². The molecule has 1 fully saturated rings. The second kappa shape index (κ2) is 6.27. The minimum absolute atomic E-state index is 0.366. The summed E-state index contributed by atoms with van der Waals surface area (Å²) in [7, 11) is 0. The van der Waals surface area contributed by atoms with Gasteiger partial charge in [0.25, 0.3) is 0 Å². The molecule has 3 aromatic rings. The van der Waals surface area contributed by atoms with Gasteiger partial charge < -0.3 is 9.88 Å². The number of para-hydroxylation sites is 1. The van der Waals surface area contributed by atoms with Crippen molar-refractivity contribution in [3.63, 3.8) is 0 Å². The first-order chi connectivity index (χ1) is 11.7. The van der Waals surface area contributed by atoms with Crippen LogP contribution >= 0.6 is 0 Å². The van der Waals surface area contributed by atoms with Crippen LogP contribution in [0.2, 0.25) is 0 Å². The number of aromatic nitrogens is 3. The molecule has 1 aromatic carbocycles. The van der Waals surface area contributed by atoms with E-state index >= 15 is 0 Å². The van der Waals surface area contributed by atoms with Crippen LogP contribution in [0.5, 0.6) is 0 Å². The van der Waals surface area contributed by atoms with Gasteiger partial charge in [-0.2, -0.15) is 0 Å². The predicted octanol–water partition coefficient (Wildman–Crippen LogP) is 4.56. The van der Waals surface area contributed by atoms with Gasteiger partial charge in [0.2, 0.25) is 0 Å². The van der Waals surface area contributed by atoms with E-state index in [0.29, 0.717) is 6.04 Å². The van der Waals surface area contributed by atoms with Gasteiger partial charge in [0.1, 0.15) is 11.6 Å². The summed E-state index contributed by atoms with van der Waals surface area (Å²) in [5.74, 6) is 1.94. The molecular formula is C20H24N4. The number of hydrogen-bond acceptors (Lipinski definition) is 3. The van der Waals surface area contributed by atoms with E-state index < -0.39 is 0 Å². The second-order valence-corrected chi connectivity index (χ2v) is 6.64. The molecule has 124 valence electrons. The van der Waals surface area contributed by atoms with E-state index in [4.69, 9.17) is 4.98 Å². The quantitative estimate of drug-likeness (QED) is 0.769. The number of nitrogens with zero attached hydrogens (tertiary/aromatic N) is 3. The lowest BCUT2D eigenvalue weighted by atomic mass is 9.99. The lowest BCUT2D eigenvalue weighted by Crippen LogP contribution is -2.34. The van der Waals surface area contributed by atoms with Gasteiger partial charge in [-0.3, -0.25) is 0 Å². The number of H-pyrrole nitrogens is 1. The van der Waals surface area contributed by atoms with Crippen LogP contribution in [0.25, 0.3) is 10.9 Å². The van der Waals surface area contributed by atoms with Gasteiger partial charge in [-0.15, -0.1) is 0 Å². The molecule has 4 heteroatoms. The number of fused-ring (bicyclic) bond motifs is 1. The average molecular weight is 320 g/mol. The highest BCUT2D eigenvalue weighted by Gasteiger charge is 2.27. The van der Waals surface area contributed by atoms with Crippen LogP contribution in [0.15, 0.2) is 36.4 Å². The molecule has 0 saturated carbocycles. The van der Waals surface area contributed by atoms with Crippen LogP contribution < -0.4 is 4.90 Å². The number of aromatic amines is 1. The average Bonchev–Trinajstić information content (AvgIpc) is 3.05. The molecule has 1 aliphatic heterocycles. The highest BCUT2D eigenvalue weighted by molar-refractivity contribution is 5.80. The molecule has 1 atom stereocenters. The zero-order valence-electron chi connectivity index (χ0n) is 14.4. The van der Waals surface area contributed by atoms with Crippen molar-refractivity contribution in [1.82, 2.24) is 15.0 Å². The lowest BCUT2D eigenvalue weighted by Gasteiger charge is -2.36. The van der Waals surface area contributed by atoms with E-state index in [0.717, 1.165) is 36.7 Å². The summed E-state index contributed by atoms with van der Waals surface area (Å²) < 4.78 is 0. The Hall–Kier alpha value is -2.36. The van der Waals surface area contributed by atoms with Gasteiger partial charge in [0.15, 0.2) is 0 Å². The highest BCUT2D eigenvalue weighted by Crippen LogP contribution is 2.35. The maximum atomic E-state index is 4.74. The van der Waals surface area contributed by atoms with Gasteiger partial charge in [-0.1, -0.05) is 25.1 Å². The van der Waals surface area contributed by atoms with Gasteiger partial charge in [0.05, 0.1) is 6.04 Å². The fraction of sp³-hybridized carbons (Fsp3) is 0.400. The minimum atomic E-state index is 0.366. The van der Waals surface area contributed by atoms with Crippen LogP contribution in [0.3, 0.4) is 0 Å². The normalized spacial score (nSPS) is 18.2. The van der Waals surface area contributed by atoms with Crippen molar-refractivity contribution in [2.24, 2.45) is 0 Å². The summed E-state index contributed by atoms with van der Waals surface area (Å²) in [6, 6.07) is 13.3. The second-order valence-electron chi connectivity index (χ2n) is 6.64. The van der Waals surface area contributed by atoms with Crippen molar-refractivity contribution in [1.29, 1.82) is 0 Å². The van der Waals surface area contributed by atoms with Crippen LogP contribution in [0.1, 0.15) is 49.4 Å². The maximum absolute atomic E-state index is 4.74. The first kappa shape index (κ1) is 15.2. The third-order valence-electron chi connectivity index (χ3n) is 4.95. The Morgan fingerprint density at radius 1 is 1.17 bits per heavy atom. The first-order valence-electron chi connectivity index (χ1n) is 8.93. The van der Waals surface area contributed by atoms with E-state index in [9.17, 15) is 0 Å². The largest absolute Gasteiger partial charge is 0.357 e. The van der Waals surface area contributed by atoms with Crippen LogP contribution in [-0.4, -0.2) is 21.5 Å². The standard InChI is InChI=1S/C20H24N4/c1-3-16-13-20(22-14(2)21-16)24-11-7-6-10-19(24)18-12-15-8-4-5-9-17(15)23-18/h4-5,8-9,12-13,19,23H,3,6-7,10-11H2,1-2H3. The molecule has 2 aromatic heterocycles. The van der Waals surface area contributed by atoms with Gasteiger partial charge in [0, 0.05) is 29.5 Å². The molecule has 3 heterocycles. The zero-order valence-corrected chi connectivity index (χ0v) is 14.4. The van der Waals surface area contributed by atoms with Crippen molar-refractivity contribution < 1.29 is 0 Å². The highest BCUT2D eigenvalue weighted by atomic mass is 15.2. The number of piperidine rings is 1. The van der Waals surface area contributed by atoms with Gasteiger partial charge >= 0.3 is 0 Å². The topological polar surface area (TPSA) is 44.8 Å². The van der Waals surface area contributed by atoms with Crippen LogP contribution in [0.4, 0.5) is 5.82 Å². The van der Waals surface area contributed by atoms with E-state index in [1.165, 1.54) is 29.4 Å². The molecule has 4 rings (SSSR count). The molecule has 0 spiro atoms. The Morgan fingerprint density at radius 3 is 2.88 bits per heavy atom. The lowest BCUT2D eigenvalue weighted by molar-refractivity contribution is 0.463. The Bertz CT molecular complexity index is 819. The molecule has 0 amide bonds. The van der Waals surface area contributed by atoms with Gasteiger partial charge in [-0.05, 0) is 50.1 Å². The number of nitrogens with one attached hydrogen (secondary N) is 1. The fourth-order valence-corrected chi connectivity index (χ4v) is 3.74. The Labute approximate surface area is 142 Å². The predicted molar refractivity (Wildman–Crippen MR) is 98.4 cm³/mol. The van der Waals surface area contributed by atoms with Crippen molar-refractivity contribution in [2.75, 3.05) is 11.4 Å². The monoisotopic (exact) mass is 320 g/mol. The fourth-order valence-electron chi connectivity index (χ4n) is 3.74. The molecule has 1 unspecified atom stereocenters. The molecule has 24 heavy (non-hydrogen) atoms. The van der Waals surface area contributed by atoms with Crippen molar-refractivity contribution in [2.45, 2.75) is 45.6 Å². The maximum Gasteiger partial charge on any atom is 0.133 e. The molecule has 4 nitrogen and oxygen atoms in total. The molecular weight excluding hydrogens is 296 g/mol. The molecule has 1 N–H and O–H groups in total. The SMILES string of the molecule is CCc1cc(N2CCCCC2c2cc3ccccc3[nH]2)nc(C)n1. The van der Waals surface area contributed by atoms with E-state index in [-0.39, 0.29) is 0 Å². The zero-order chi connectivity index (χ0) is 16.5. The third-order valence-corrected chi connectivity index (χ3v) is 4.95. The summed E-state index contributed by atoms with van der Waals surface area (Å²) in [5.41, 5.74) is 3.63. The number of hydrogen-bond donors (Lipinski definition) is 1. The van der Waals surface area contributed by atoms with Crippen LogP contribution in [0, 0.1) is 6.92 Å². The first-order valence-corrected chi connectivity index (χ1v) is 8.93. The molecule has 0 bridgehead atoms. The smallest absolute Gasteiger partial charge is 0.133 e. The number of aryl methyl sites for hydroxylation is 2. The van der Waals surface area contributed by atoms with E-state index in [2.05, 4.69) is 58.2 Å². The van der Waals surface area contributed by atoms with Crippen molar-refractivity contribution >= 4 is 16.7 Å². The van der Waals surface area contributed by atoms with E-state index in [1.807, 2.05) is 6.92 Å².